The van der Waals surface area contributed by atoms with Crippen molar-refractivity contribution < 1.29 is 14.6 Å². The summed E-state index contributed by atoms with van der Waals surface area (Å²) in [7, 11) is 1.59. The van der Waals surface area contributed by atoms with Crippen LogP contribution >= 0.6 is 0 Å². The number of aliphatic carboxylic acids is 1. The zero-order chi connectivity index (χ0) is 19.5. The van der Waals surface area contributed by atoms with Gasteiger partial charge in [-0.05, 0) is 35.9 Å². The number of carboxylic acids is 1. The van der Waals surface area contributed by atoms with Crippen molar-refractivity contribution in [3.63, 3.8) is 0 Å². The highest BCUT2D eigenvalue weighted by Crippen LogP contribution is 2.36. The third-order valence-corrected chi connectivity index (χ3v) is 4.49. The summed E-state index contributed by atoms with van der Waals surface area (Å²) in [5, 5.41) is 14.3. The molecule has 0 spiro atoms. The summed E-state index contributed by atoms with van der Waals surface area (Å²) < 4.78 is 5.53. The second-order valence-corrected chi connectivity index (χ2v) is 6.28. The van der Waals surface area contributed by atoms with Crippen molar-refractivity contribution in [3.05, 3.63) is 78.4 Å². The van der Waals surface area contributed by atoms with Gasteiger partial charge in [0.25, 0.3) is 0 Å². The highest BCUT2D eigenvalue weighted by molar-refractivity contribution is 6.08. The quantitative estimate of drug-likeness (QED) is 0.371. The standard InChI is InChI=1S/C23H18N2O3/c1-28-21-14-15(11-13-22(26)27)10-12-20(21)25-23-16-6-2-4-8-18(16)24-19-9-5-3-7-17(19)23/h2-14H,1H3,(H,24,25)(H,26,27)/b13-11+. The fourth-order valence-electron chi connectivity index (χ4n) is 3.19. The molecule has 1 aromatic heterocycles. The van der Waals surface area contributed by atoms with E-state index in [2.05, 4.69) is 5.32 Å². The average molecular weight is 370 g/mol. The van der Waals surface area contributed by atoms with Gasteiger partial charge < -0.3 is 15.2 Å². The summed E-state index contributed by atoms with van der Waals surface area (Å²) >= 11 is 0. The lowest BCUT2D eigenvalue weighted by molar-refractivity contribution is -0.131. The topological polar surface area (TPSA) is 71.5 Å². The number of benzene rings is 3. The van der Waals surface area contributed by atoms with E-state index in [1.165, 1.54) is 6.08 Å². The zero-order valence-corrected chi connectivity index (χ0v) is 15.2. The molecular weight excluding hydrogens is 352 g/mol. The third-order valence-electron chi connectivity index (χ3n) is 4.49. The Labute approximate surface area is 161 Å². The summed E-state index contributed by atoms with van der Waals surface area (Å²) in [6, 6.07) is 21.5. The smallest absolute Gasteiger partial charge is 0.328 e. The molecule has 0 atom stereocenters. The zero-order valence-electron chi connectivity index (χ0n) is 15.2. The van der Waals surface area contributed by atoms with Crippen LogP contribution in [-0.2, 0) is 4.79 Å². The number of ether oxygens (including phenoxy) is 1. The summed E-state index contributed by atoms with van der Waals surface area (Å²) in [4.78, 5) is 15.5. The molecule has 0 fully saturated rings. The van der Waals surface area contributed by atoms with Crippen LogP contribution < -0.4 is 10.1 Å². The van der Waals surface area contributed by atoms with Crippen LogP contribution in [0.25, 0.3) is 27.9 Å². The second kappa shape index (κ2) is 7.40. The molecule has 28 heavy (non-hydrogen) atoms. The van der Waals surface area contributed by atoms with Crippen LogP contribution in [0, 0.1) is 0 Å². The SMILES string of the molecule is COc1cc(/C=C/C(=O)O)ccc1Nc1c2ccccc2nc2ccccc12. The average Bonchev–Trinajstić information content (AvgIpc) is 2.72. The maximum atomic E-state index is 10.7. The van der Waals surface area contributed by atoms with Gasteiger partial charge in [0, 0.05) is 16.8 Å². The number of carboxylic acid groups (broad SMARTS) is 1. The first-order valence-electron chi connectivity index (χ1n) is 8.79. The number of methoxy groups -OCH3 is 1. The van der Waals surface area contributed by atoms with Crippen LogP contribution in [-0.4, -0.2) is 23.2 Å². The molecule has 0 amide bonds. The molecule has 0 saturated carbocycles. The fourth-order valence-corrected chi connectivity index (χ4v) is 3.19. The van der Waals surface area contributed by atoms with Gasteiger partial charge in [-0.1, -0.05) is 42.5 Å². The minimum absolute atomic E-state index is 0.623. The molecule has 2 N–H and O–H groups in total. The summed E-state index contributed by atoms with van der Waals surface area (Å²) in [5.74, 6) is -0.367. The largest absolute Gasteiger partial charge is 0.495 e. The van der Waals surface area contributed by atoms with Crippen molar-refractivity contribution in [1.29, 1.82) is 0 Å². The van der Waals surface area contributed by atoms with Gasteiger partial charge in [-0.15, -0.1) is 0 Å². The van der Waals surface area contributed by atoms with Crippen LogP contribution in [0.4, 0.5) is 11.4 Å². The van der Waals surface area contributed by atoms with Gasteiger partial charge in [-0.3, -0.25) is 0 Å². The molecule has 4 rings (SSSR count). The lowest BCUT2D eigenvalue weighted by Crippen LogP contribution is -1.98. The van der Waals surface area contributed by atoms with Gasteiger partial charge in [0.15, 0.2) is 0 Å². The Balaban J connectivity index is 1.84. The molecular formula is C23H18N2O3. The van der Waals surface area contributed by atoms with Crippen LogP contribution in [0.15, 0.2) is 72.8 Å². The van der Waals surface area contributed by atoms with Crippen LogP contribution in [0.1, 0.15) is 5.56 Å². The molecule has 0 bridgehead atoms. The van der Waals surface area contributed by atoms with Crippen LogP contribution in [0.2, 0.25) is 0 Å². The Kier molecular flexibility index (Phi) is 4.64. The summed E-state index contributed by atoms with van der Waals surface area (Å²) in [6.45, 7) is 0. The molecule has 1 heterocycles. The number of para-hydroxylation sites is 2. The molecule has 4 aromatic rings. The Bertz CT molecular complexity index is 1160. The number of hydrogen-bond donors (Lipinski definition) is 2. The number of rotatable bonds is 5. The third kappa shape index (κ3) is 3.38. The van der Waals surface area contributed by atoms with E-state index in [0.29, 0.717) is 5.75 Å². The molecule has 5 nitrogen and oxygen atoms in total. The predicted molar refractivity (Wildman–Crippen MR) is 112 cm³/mol. The van der Waals surface area contributed by atoms with E-state index < -0.39 is 5.97 Å². The lowest BCUT2D eigenvalue weighted by atomic mass is 10.1. The van der Waals surface area contributed by atoms with Gasteiger partial charge in [-0.2, -0.15) is 0 Å². The number of nitrogens with zero attached hydrogens (tertiary/aromatic N) is 1. The van der Waals surface area contributed by atoms with E-state index >= 15 is 0 Å². The Morgan fingerprint density at radius 2 is 1.64 bits per heavy atom. The van der Waals surface area contributed by atoms with Gasteiger partial charge in [0.2, 0.25) is 0 Å². The molecule has 0 aliphatic carbocycles. The Morgan fingerprint density at radius 3 is 2.25 bits per heavy atom. The van der Waals surface area contributed by atoms with Crippen molar-refractivity contribution in [2.75, 3.05) is 12.4 Å². The van der Waals surface area contributed by atoms with E-state index in [-0.39, 0.29) is 0 Å². The molecule has 0 radical (unpaired) electrons. The second-order valence-electron chi connectivity index (χ2n) is 6.28. The van der Waals surface area contributed by atoms with E-state index in [4.69, 9.17) is 14.8 Å². The molecule has 0 unspecified atom stereocenters. The fraction of sp³-hybridized carbons (Fsp3) is 0.0435. The molecule has 0 aliphatic heterocycles. The molecule has 0 saturated heterocycles. The number of nitrogens with one attached hydrogen (secondary N) is 1. The van der Waals surface area contributed by atoms with Gasteiger partial charge in [0.05, 0.1) is 29.5 Å². The number of carbonyl (C=O) groups is 1. The minimum Gasteiger partial charge on any atom is -0.495 e. The normalized spacial score (nSPS) is 11.2. The molecule has 5 heteroatoms. The van der Waals surface area contributed by atoms with E-state index in [0.717, 1.165) is 44.8 Å². The monoisotopic (exact) mass is 370 g/mol. The molecule has 138 valence electrons. The van der Waals surface area contributed by atoms with Gasteiger partial charge >= 0.3 is 5.97 Å². The first-order chi connectivity index (χ1) is 13.7. The number of fused-ring (bicyclic) bond motifs is 2. The minimum atomic E-state index is -0.990. The summed E-state index contributed by atoms with van der Waals surface area (Å²) in [6.07, 6.45) is 2.64. The lowest BCUT2D eigenvalue weighted by Gasteiger charge is -2.16. The van der Waals surface area contributed by atoms with Crippen molar-refractivity contribution in [2.45, 2.75) is 0 Å². The molecule has 0 aliphatic rings. The van der Waals surface area contributed by atoms with Crippen molar-refractivity contribution in [1.82, 2.24) is 4.98 Å². The number of hydrogen-bond acceptors (Lipinski definition) is 4. The van der Waals surface area contributed by atoms with E-state index in [1.54, 1.807) is 13.2 Å². The summed E-state index contributed by atoms with van der Waals surface area (Å²) in [5.41, 5.74) is 4.30. The first kappa shape index (κ1) is 17.5. The maximum Gasteiger partial charge on any atom is 0.328 e. The predicted octanol–water partition coefficient (Wildman–Crippen LogP) is 5.24. The van der Waals surface area contributed by atoms with Crippen LogP contribution in [0.3, 0.4) is 0 Å². The van der Waals surface area contributed by atoms with Crippen LogP contribution in [0.5, 0.6) is 5.75 Å². The molecule has 3 aromatic carbocycles. The van der Waals surface area contributed by atoms with Crippen molar-refractivity contribution in [2.24, 2.45) is 0 Å². The van der Waals surface area contributed by atoms with Gasteiger partial charge in [0.1, 0.15) is 5.75 Å². The number of anilines is 2. The van der Waals surface area contributed by atoms with E-state index in [9.17, 15) is 4.79 Å². The Hall–Kier alpha value is -3.86. The highest BCUT2D eigenvalue weighted by atomic mass is 16.5. The number of aromatic nitrogens is 1. The number of pyridine rings is 1. The van der Waals surface area contributed by atoms with Crippen molar-refractivity contribution >= 4 is 45.2 Å². The maximum absolute atomic E-state index is 10.7. The Morgan fingerprint density at radius 1 is 1.00 bits per heavy atom. The van der Waals surface area contributed by atoms with Crippen molar-refractivity contribution in [3.8, 4) is 5.75 Å². The first-order valence-corrected chi connectivity index (χ1v) is 8.79. The highest BCUT2D eigenvalue weighted by Gasteiger charge is 2.11. The van der Waals surface area contributed by atoms with E-state index in [1.807, 2.05) is 60.7 Å². The van der Waals surface area contributed by atoms with Gasteiger partial charge in [-0.25, -0.2) is 9.78 Å².